The molecule has 0 amide bonds. The lowest BCUT2D eigenvalue weighted by molar-refractivity contribution is 0.155. The second-order valence-electron chi connectivity index (χ2n) is 6.66. The Bertz CT molecular complexity index is 930. The number of hydrogen-bond donors (Lipinski definition) is 1. The fourth-order valence-corrected chi connectivity index (χ4v) is 4.80. The second-order valence-corrected chi connectivity index (χ2v) is 7.74. The molecular weight excluding hydrogens is 320 g/mol. The first-order chi connectivity index (χ1) is 11.6. The summed E-state index contributed by atoms with van der Waals surface area (Å²) in [6, 6.07) is 9.43. The Morgan fingerprint density at radius 3 is 2.96 bits per heavy atom. The van der Waals surface area contributed by atoms with Crippen molar-refractivity contribution in [3.8, 4) is 0 Å². The fraction of sp³-hybridized carbons (Fsp3) is 0.368. The lowest BCUT2D eigenvalue weighted by atomic mass is 9.89. The average Bonchev–Trinajstić information content (AvgIpc) is 2.96. The highest BCUT2D eigenvalue weighted by atomic mass is 32.1. The average molecular weight is 340 g/mol. The molecule has 0 fully saturated rings. The van der Waals surface area contributed by atoms with Crippen LogP contribution < -0.4 is 5.56 Å². The largest absolute Gasteiger partial charge is 0.387 e. The van der Waals surface area contributed by atoms with Crippen molar-refractivity contribution in [2.24, 2.45) is 5.92 Å². The molecule has 4 nitrogen and oxygen atoms in total. The maximum Gasteiger partial charge on any atom is 0.262 e. The molecule has 0 saturated heterocycles. The van der Waals surface area contributed by atoms with Crippen LogP contribution in [0.4, 0.5) is 0 Å². The second kappa shape index (κ2) is 6.15. The van der Waals surface area contributed by atoms with Gasteiger partial charge in [0.1, 0.15) is 4.83 Å². The van der Waals surface area contributed by atoms with Crippen molar-refractivity contribution in [2.75, 3.05) is 0 Å². The highest BCUT2D eigenvalue weighted by molar-refractivity contribution is 7.18. The summed E-state index contributed by atoms with van der Waals surface area (Å²) in [6.45, 7) is 2.49. The monoisotopic (exact) mass is 340 g/mol. The van der Waals surface area contributed by atoms with Crippen molar-refractivity contribution < 1.29 is 5.11 Å². The van der Waals surface area contributed by atoms with Crippen LogP contribution in [0.25, 0.3) is 10.2 Å². The van der Waals surface area contributed by atoms with Gasteiger partial charge in [-0.2, -0.15) is 0 Å². The van der Waals surface area contributed by atoms with Gasteiger partial charge in [-0.15, -0.1) is 11.3 Å². The number of aliphatic hydroxyl groups excluding tert-OH is 1. The number of fused-ring (bicyclic) bond motifs is 3. The summed E-state index contributed by atoms with van der Waals surface area (Å²) in [5.74, 6) is 0.674. The van der Waals surface area contributed by atoms with Gasteiger partial charge in [-0.1, -0.05) is 37.3 Å². The highest BCUT2D eigenvalue weighted by Gasteiger charge is 2.23. The summed E-state index contributed by atoms with van der Waals surface area (Å²) in [5.41, 5.74) is 1.97. The van der Waals surface area contributed by atoms with Gasteiger partial charge in [0.25, 0.3) is 5.56 Å². The van der Waals surface area contributed by atoms with Gasteiger partial charge < -0.3 is 5.11 Å². The van der Waals surface area contributed by atoms with E-state index in [2.05, 4.69) is 11.9 Å². The molecule has 0 unspecified atom stereocenters. The van der Waals surface area contributed by atoms with Gasteiger partial charge >= 0.3 is 0 Å². The SMILES string of the molecule is C[C@@H]1CCc2c(sc3ncn(C[C@@H](O)c4ccccc4)c(=O)c23)C1. The molecule has 2 heterocycles. The number of thiophene rings is 1. The van der Waals surface area contributed by atoms with E-state index in [1.165, 1.54) is 10.4 Å². The molecule has 0 radical (unpaired) electrons. The zero-order valence-corrected chi connectivity index (χ0v) is 14.4. The van der Waals surface area contributed by atoms with E-state index in [1.807, 2.05) is 30.3 Å². The van der Waals surface area contributed by atoms with Gasteiger partial charge in [0, 0.05) is 4.88 Å². The predicted molar refractivity (Wildman–Crippen MR) is 96.5 cm³/mol. The van der Waals surface area contributed by atoms with Crippen molar-refractivity contribution in [3.63, 3.8) is 0 Å². The van der Waals surface area contributed by atoms with Crippen molar-refractivity contribution >= 4 is 21.6 Å². The standard InChI is InChI=1S/C19H20N2O2S/c1-12-7-8-14-16(9-12)24-18-17(14)19(23)21(11-20-18)10-15(22)13-5-3-2-4-6-13/h2-6,11-12,15,22H,7-10H2,1H3/t12-,15-/m1/s1. The third-order valence-electron chi connectivity index (χ3n) is 4.84. The van der Waals surface area contributed by atoms with Crippen LogP contribution in [0.3, 0.4) is 0 Å². The van der Waals surface area contributed by atoms with E-state index >= 15 is 0 Å². The highest BCUT2D eigenvalue weighted by Crippen LogP contribution is 2.35. The number of benzene rings is 1. The number of aliphatic hydroxyl groups is 1. The molecule has 0 spiro atoms. The van der Waals surface area contributed by atoms with Crippen LogP contribution in [0.5, 0.6) is 0 Å². The maximum atomic E-state index is 12.9. The Balaban J connectivity index is 1.72. The van der Waals surface area contributed by atoms with E-state index in [4.69, 9.17) is 0 Å². The number of hydrogen-bond acceptors (Lipinski definition) is 4. The van der Waals surface area contributed by atoms with Crippen LogP contribution >= 0.6 is 11.3 Å². The fourth-order valence-electron chi connectivity index (χ4n) is 3.46. The molecule has 0 saturated carbocycles. The molecule has 24 heavy (non-hydrogen) atoms. The first-order valence-electron chi connectivity index (χ1n) is 8.36. The quantitative estimate of drug-likeness (QED) is 0.796. The Hall–Kier alpha value is -1.98. The van der Waals surface area contributed by atoms with Gasteiger partial charge in [0.05, 0.1) is 24.4 Å². The molecule has 1 N–H and O–H groups in total. The van der Waals surface area contributed by atoms with Gasteiger partial charge in [0.2, 0.25) is 0 Å². The summed E-state index contributed by atoms with van der Waals surface area (Å²) in [4.78, 5) is 19.6. The summed E-state index contributed by atoms with van der Waals surface area (Å²) in [5, 5.41) is 11.2. The first-order valence-corrected chi connectivity index (χ1v) is 9.18. The van der Waals surface area contributed by atoms with E-state index in [0.29, 0.717) is 5.92 Å². The van der Waals surface area contributed by atoms with E-state index in [1.54, 1.807) is 22.2 Å². The molecule has 5 heteroatoms. The minimum absolute atomic E-state index is 0.0259. The summed E-state index contributed by atoms with van der Waals surface area (Å²) in [7, 11) is 0. The zero-order chi connectivity index (χ0) is 16.7. The molecule has 1 aliphatic rings. The Morgan fingerprint density at radius 2 is 2.17 bits per heavy atom. The van der Waals surface area contributed by atoms with E-state index in [0.717, 1.165) is 35.0 Å². The topological polar surface area (TPSA) is 55.1 Å². The Kier molecular flexibility index (Phi) is 3.98. The molecule has 0 bridgehead atoms. The third-order valence-corrected chi connectivity index (χ3v) is 6.00. The summed E-state index contributed by atoms with van der Waals surface area (Å²) >= 11 is 1.65. The van der Waals surface area contributed by atoms with E-state index < -0.39 is 6.10 Å². The van der Waals surface area contributed by atoms with Crippen molar-refractivity contribution in [3.05, 3.63) is 63.0 Å². The van der Waals surface area contributed by atoms with E-state index in [-0.39, 0.29) is 12.1 Å². The van der Waals surface area contributed by atoms with Crippen molar-refractivity contribution in [1.82, 2.24) is 9.55 Å². The predicted octanol–water partition coefficient (Wildman–Crippen LogP) is 3.32. The maximum absolute atomic E-state index is 12.9. The molecular formula is C19H20N2O2S. The molecule has 3 aromatic rings. The van der Waals surface area contributed by atoms with E-state index in [9.17, 15) is 9.90 Å². The van der Waals surface area contributed by atoms with Crippen LogP contribution in [0.2, 0.25) is 0 Å². The number of aromatic nitrogens is 2. The Labute approximate surface area is 144 Å². The van der Waals surface area contributed by atoms with Crippen LogP contribution in [0.1, 0.15) is 35.5 Å². The minimum atomic E-state index is -0.711. The van der Waals surface area contributed by atoms with Gasteiger partial charge in [-0.25, -0.2) is 4.98 Å². The normalized spacial score (nSPS) is 18.5. The van der Waals surface area contributed by atoms with Gasteiger partial charge in [-0.05, 0) is 36.3 Å². The third kappa shape index (κ3) is 2.68. The molecule has 2 atom stereocenters. The van der Waals surface area contributed by atoms with Gasteiger partial charge in [-0.3, -0.25) is 9.36 Å². The minimum Gasteiger partial charge on any atom is -0.387 e. The first kappa shape index (κ1) is 15.5. The molecule has 0 aliphatic heterocycles. The Morgan fingerprint density at radius 1 is 1.38 bits per heavy atom. The van der Waals surface area contributed by atoms with Crippen LogP contribution in [-0.2, 0) is 19.4 Å². The van der Waals surface area contributed by atoms with Crippen LogP contribution in [0.15, 0.2) is 41.5 Å². The van der Waals surface area contributed by atoms with Crippen molar-refractivity contribution in [1.29, 1.82) is 0 Å². The summed E-state index contributed by atoms with van der Waals surface area (Å²) < 4.78 is 1.55. The lowest BCUT2D eigenvalue weighted by Gasteiger charge is -2.17. The molecule has 1 aliphatic carbocycles. The van der Waals surface area contributed by atoms with Crippen molar-refractivity contribution in [2.45, 2.75) is 38.8 Å². The number of nitrogens with zero attached hydrogens (tertiary/aromatic N) is 2. The lowest BCUT2D eigenvalue weighted by Crippen LogP contribution is -2.24. The smallest absolute Gasteiger partial charge is 0.262 e. The molecule has 124 valence electrons. The molecule has 4 rings (SSSR count). The number of rotatable bonds is 3. The van der Waals surface area contributed by atoms with Crippen LogP contribution in [-0.4, -0.2) is 14.7 Å². The molecule has 1 aromatic carbocycles. The zero-order valence-electron chi connectivity index (χ0n) is 13.6. The number of aryl methyl sites for hydroxylation is 1. The van der Waals surface area contributed by atoms with Gasteiger partial charge in [0.15, 0.2) is 0 Å². The summed E-state index contributed by atoms with van der Waals surface area (Å²) in [6.07, 6.45) is 3.99. The molecule has 2 aromatic heterocycles. The van der Waals surface area contributed by atoms with Crippen LogP contribution in [0, 0.1) is 5.92 Å².